The maximum Gasteiger partial charge on any atom is 0.238 e. The summed E-state index contributed by atoms with van der Waals surface area (Å²) in [6, 6.07) is 24.5. The van der Waals surface area contributed by atoms with E-state index in [4.69, 9.17) is 0 Å². The lowest BCUT2D eigenvalue weighted by molar-refractivity contribution is -0.124. The third-order valence-corrected chi connectivity index (χ3v) is 7.90. The minimum atomic E-state index is -0.527. The number of hydrogen-bond acceptors (Lipinski definition) is 2. The average Bonchev–Trinajstić information content (AvgIpc) is 3.03. The fourth-order valence-electron chi connectivity index (χ4n) is 6.59. The van der Waals surface area contributed by atoms with E-state index in [9.17, 15) is 9.59 Å². The molecule has 0 N–H and O–H groups in total. The lowest BCUT2D eigenvalue weighted by atomic mass is 9.42. The highest BCUT2D eigenvalue weighted by Crippen LogP contribution is 2.66. The Morgan fingerprint density at radius 2 is 1.10 bits per heavy atom. The zero-order valence-corrected chi connectivity index (χ0v) is 17.3. The number of hydrogen-bond donors (Lipinski definition) is 0. The molecular weight excluding hydrogens is 370 g/mol. The summed E-state index contributed by atoms with van der Waals surface area (Å²) in [6.45, 7) is 6.30. The number of carbonyl (C=O) groups is 2. The Labute approximate surface area is 176 Å². The highest BCUT2D eigenvalue weighted by atomic mass is 16.2. The zero-order valence-electron chi connectivity index (χ0n) is 17.3. The molecule has 0 unspecified atom stereocenters. The summed E-state index contributed by atoms with van der Waals surface area (Å²) in [6.07, 6.45) is 0. The Morgan fingerprint density at radius 3 is 1.50 bits per heavy atom. The van der Waals surface area contributed by atoms with Crippen LogP contribution >= 0.6 is 0 Å². The van der Waals surface area contributed by atoms with Gasteiger partial charge in [0, 0.05) is 10.8 Å². The number of benzene rings is 3. The Bertz CT molecular complexity index is 1140. The summed E-state index contributed by atoms with van der Waals surface area (Å²) in [4.78, 5) is 29.3. The van der Waals surface area contributed by atoms with E-state index in [0.29, 0.717) is 5.69 Å². The Morgan fingerprint density at radius 1 is 0.667 bits per heavy atom. The third kappa shape index (κ3) is 1.78. The van der Waals surface area contributed by atoms with Crippen LogP contribution in [0.4, 0.5) is 5.69 Å². The first kappa shape index (κ1) is 17.6. The van der Waals surface area contributed by atoms with Gasteiger partial charge in [-0.25, -0.2) is 4.90 Å². The zero-order chi connectivity index (χ0) is 20.8. The van der Waals surface area contributed by atoms with E-state index in [-0.39, 0.29) is 11.8 Å². The summed E-state index contributed by atoms with van der Waals surface area (Å²) in [7, 11) is 0. The smallest absolute Gasteiger partial charge is 0.238 e. The number of anilines is 1. The lowest BCUT2D eigenvalue weighted by Gasteiger charge is -2.57. The van der Waals surface area contributed by atoms with Crippen LogP contribution in [0, 0.1) is 18.8 Å². The van der Waals surface area contributed by atoms with Gasteiger partial charge in [0.25, 0.3) is 0 Å². The van der Waals surface area contributed by atoms with Crippen molar-refractivity contribution in [2.24, 2.45) is 11.8 Å². The van der Waals surface area contributed by atoms with Crippen LogP contribution in [0.5, 0.6) is 0 Å². The second kappa shape index (κ2) is 5.48. The van der Waals surface area contributed by atoms with E-state index >= 15 is 0 Å². The van der Waals surface area contributed by atoms with Crippen LogP contribution in [0.1, 0.15) is 41.7 Å². The van der Waals surface area contributed by atoms with Crippen molar-refractivity contribution in [1.82, 2.24) is 0 Å². The van der Waals surface area contributed by atoms with Crippen molar-refractivity contribution in [3.63, 3.8) is 0 Å². The second-order valence-electron chi connectivity index (χ2n) is 9.30. The minimum Gasteiger partial charge on any atom is -0.274 e. The van der Waals surface area contributed by atoms with E-state index < -0.39 is 22.7 Å². The molecule has 2 amide bonds. The van der Waals surface area contributed by atoms with E-state index in [1.165, 1.54) is 27.2 Å². The van der Waals surface area contributed by atoms with Crippen LogP contribution in [0.2, 0.25) is 0 Å². The van der Waals surface area contributed by atoms with Gasteiger partial charge in [0.05, 0.1) is 17.5 Å². The minimum absolute atomic E-state index is 0.0756. The largest absolute Gasteiger partial charge is 0.274 e. The van der Waals surface area contributed by atoms with Gasteiger partial charge in [-0.05, 0) is 46.9 Å². The summed E-state index contributed by atoms with van der Waals surface area (Å²) in [5.41, 5.74) is 5.38. The third-order valence-electron chi connectivity index (χ3n) is 7.90. The van der Waals surface area contributed by atoms with Gasteiger partial charge in [-0.2, -0.15) is 0 Å². The van der Waals surface area contributed by atoms with Crippen molar-refractivity contribution >= 4 is 17.5 Å². The van der Waals surface area contributed by atoms with Crippen molar-refractivity contribution in [3.05, 3.63) is 101 Å². The molecule has 1 heterocycles. The van der Waals surface area contributed by atoms with Gasteiger partial charge in [-0.15, -0.1) is 0 Å². The molecule has 3 aromatic rings. The van der Waals surface area contributed by atoms with E-state index in [1.807, 2.05) is 55.5 Å². The maximum atomic E-state index is 13.9. The van der Waals surface area contributed by atoms with Crippen molar-refractivity contribution < 1.29 is 9.59 Å². The SMILES string of the molecule is Cc1cccc(N2C(=O)[C@H]3[C@H](C2=O)C2(C)c4ccccc4C3(C)c3ccccc32)c1. The van der Waals surface area contributed by atoms with Gasteiger partial charge in [0.2, 0.25) is 11.8 Å². The molecular formula is C27H23NO2. The molecule has 3 aromatic carbocycles. The van der Waals surface area contributed by atoms with Crippen molar-refractivity contribution in [3.8, 4) is 0 Å². The molecule has 3 nitrogen and oxygen atoms in total. The van der Waals surface area contributed by atoms with Gasteiger partial charge in [0.15, 0.2) is 0 Å². The molecule has 1 fully saturated rings. The van der Waals surface area contributed by atoms with Gasteiger partial charge in [-0.1, -0.05) is 74.5 Å². The molecule has 0 spiro atoms. The van der Waals surface area contributed by atoms with Gasteiger partial charge in [-0.3, -0.25) is 9.59 Å². The van der Waals surface area contributed by atoms with Gasteiger partial charge in [0.1, 0.15) is 0 Å². The Kier molecular flexibility index (Phi) is 3.22. The monoisotopic (exact) mass is 393 g/mol. The van der Waals surface area contributed by atoms with Crippen LogP contribution < -0.4 is 4.90 Å². The Hall–Kier alpha value is -3.20. The fraction of sp³-hybridized carbons (Fsp3) is 0.259. The summed E-state index contributed by atoms with van der Waals surface area (Å²) in [5.74, 6) is -0.956. The number of nitrogens with zero attached hydrogens (tertiary/aromatic N) is 1. The molecule has 2 bridgehead atoms. The highest BCUT2D eigenvalue weighted by molar-refractivity contribution is 6.24. The molecule has 30 heavy (non-hydrogen) atoms. The molecule has 3 aliphatic carbocycles. The summed E-state index contributed by atoms with van der Waals surface area (Å²) >= 11 is 0. The topological polar surface area (TPSA) is 37.4 Å². The number of rotatable bonds is 1. The van der Waals surface area contributed by atoms with Crippen LogP contribution in [-0.2, 0) is 20.4 Å². The molecule has 2 atom stereocenters. The Balaban J connectivity index is 1.67. The predicted molar refractivity (Wildman–Crippen MR) is 116 cm³/mol. The number of imide groups is 1. The first-order chi connectivity index (χ1) is 14.4. The molecule has 148 valence electrons. The first-order valence-electron chi connectivity index (χ1n) is 10.5. The van der Waals surface area contributed by atoms with Crippen LogP contribution in [0.3, 0.4) is 0 Å². The standard InChI is InChI=1S/C27H23NO2/c1-16-9-8-10-17(15-16)28-24(29)22-23(25(28)30)27(3)20-13-6-4-11-18(20)26(22,2)19-12-5-7-14-21(19)27/h4-15,22-23H,1-3H3/t22-,23-,26?,27?/m1/s1. The molecule has 1 saturated heterocycles. The first-order valence-corrected chi connectivity index (χ1v) is 10.5. The molecule has 4 aliphatic rings. The molecule has 0 radical (unpaired) electrons. The number of amides is 2. The van der Waals surface area contributed by atoms with Crippen LogP contribution in [-0.4, -0.2) is 11.8 Å². The van der Waals surface area contributed by atoms with Crippen LogP contribution in [0.15, 0.2) is 72.8 Å². The quantitative estimate of drug-likeness (QED) is 0.560. The summed E-state index contributed by atoms with van der Waals surface area (Å²) in [5, 5.41) is 0. The van der Waals surface area contributed by atoms with Crippen LogP contribution in [0.25, 0.3) is 0 Å². The second-order valence-corrected chi connectivity index (χ2v) is 9.30. The van der Waals surface area contributed by atoms with Crippen molar-refractivity contribution in [2.75, 3.05) is 4.90 Å². The molecule has 3 heteroatoms. The highest BCUT2D eigenvalue weighted by Gasteiger charge is 2.70. The van der Waals surface area contributed by atoms with Crippen molar-refractivity contribution in [1.29, 1.82) is 0 Å². The van der Waals surface area contributed by atoms with Crippen molar-refractivity contribution in [2.45, 2.75) is 31.6 Å². The van der Waals surface area contributed by atoms with E-state index in [1.54, 1.807) is 0 Å². The molecule has 7 rings (SSSR count). The molecule has 0 saturated carbocycles. The fourth-order valence-corrected chi connectivity index (χ4v) is 6.59. The number of aryl methyl sites for hydroxylation is 1. The van der Waals surface area contributed by atoms with E-state index in [2.05, 4.69) is 38.1 Å². The number of carbonyl (C=O) groups excluding carboxylic acids is 2. The maximum absolute atomic E-state index is 13.9. The normalized spacial score (nSPS) is 30.8. The molecule has 0 aromatic heterocycles. The van der Waals surface area contributed by atoms with E-state index in [0.717, 1.165) is 5.56 Å². The summed E-state index contributed by atoms with van der Waals surface area (Å²) < 4.78 is 0. The van der Waals surface area contributed by atoms with Gasteiger partial charge < -0.3 is 0 Å². The lowest BCUT2D eigenvalue weighted by Crippen LogP contribution is -2.59. The van der Waals surface area contributed by atoms with Gasteiger partial charge >= 0.3 is 0 Å². The predicted octanol–water partition coefficient (Wildman–Crippen LogP) is 4.74. The molecule has 1 aliphatic heterocycles. The average molecular weight is 393 g/mol.